The van der Waals surface area contributed by atoms with E-state index in [2.05, 4.69) is 10.4 Å². The molecule has 114 valence electrons. The first-order chi connectivity index (χ1) is 10.5. The van der Waals surface area contributed by atoms with Crippen LogP contribution in [0.5, 0.6) is 0 Å². The molecule has 1 N–H and O–H groups in total. The molecule has 1 aromatic carbocycles. The van der Waals surface area contributed by atoms with E-state index in [0.29, 0.717) is 17.7 Å². The highest BCUT2D eigenvalue weighted by Crippen LogP contribution is 2.23. The lowest BCUT2D eigenvalue weighted by Crippen LogP contribution is -2.43. The molecule has 0 spiro atoms. The molecular weight excluding hydrogens is 280 g/mol. The summed E-state index contributed by atoms with van der Waals surface area (Å²) in [5, 5.41) is 6.98. The van der Waals surface area contributed by atoms with E-state index in [-0.39, 0.29) is 17.9 Å². The highest BCUT2D eigenvalue weighted by atomic mass is 16.2. The van der Waals surface area contributed by atoms with E-state index in [9.17, 15) is 9.59 Å². The van der Waals surface area contributed by atoms with E-state index in [1.54, 1.807) is 34.1 Å². The Hall–Kier alpha value is -2.63. The van der Waals surface area contributed by atoms with Crippen molar-refractivity contribution in [2.45, 2.75) is 26.3 Å². The molecule has 1 fully saturated rings. The van der Waals surface area contributed by atoms with E-state index in [1.807, 2.05) is 26.0 Å². The van der Waals surface area contributed by atoms with Crippen LogP contribution in [0, 0.1) is 0 Å². The van der Waals surface area contributed by atoms with Gasteiger partial charge in [-0.3, -0.25) is 14.3 Å². The molecular formula is C16H18N4O2. The largest absolute Gasteiger partial charge is 0.322 e. The molecule has 0 aliphatic carbocycles. The molecule has 1 saturated heterocycles. The fraction of sp³-hybridized carbons (Fsp3) is 0.312. The lowest BCUT2D eigenvalue weighted by molar-refractivity contribution is -0.122. The fourth-order valence-corrected chi connectivity index (χ4v) is 2.25. The van der Waals surface area contributed by atoms with Crippen LogP contribution in [0.15, 0.2) is 36.7 Å². The summed E-state index contributed by atoms with van der Waals surface area (Å²) < 4.78 is 1.74. The van der Waals surface area contributed by atoms with Gasteiger partial charge in [-0.05, 0) is 38.1 Å². The minimum Gasteiger partial charge on any atom is -0.322 e. The number of β-lactam (4-membered cyclic amide) rings is 1. The van der Waals surface area contributed by atoms with Crippen molar-refractivity contribution >= 4 is 23.2 Å². The van der Waals surface area contributed by atoms with Crippen LogP contribution in [-0.4, -0.2) is 28.1 Å². The van der Waals surface area contributed by atoms with Gasteiger partial charge in [-0.1, -0.05) is 0 Å². The lowest BCUT2D eigenvalue weighted by atomic mass is 10.1. The molecule has 6 nitrogen and oxygen atoms in total. The summed E-state index contributed by atoms with van der Waals surface area (Å²) in [6, 6.07) is 7.49. The number of anilines is 2. The number of carbonyl (C=O) groups is 2. The topological polar surface area (TPSA) is 67.2 Å². The maximum atomic E-state index is 12.2. The Kier molecular flexibility index (Phi) is 3.66. The number of hydrogen-bond acceptors (Lipinski definition) is 3. The maximum absolute atomic E-state index is 12.2. The third kappa shape index (κ3) is 2.72. The first kappa shape index (κ1) is 14.3. The van der Waals surface area contributed by atoms with E-state index in [0.717, 1.165) is 12.2 Å². The van der Waals surface area contributed by atoms with Crippen LogP contribution in [0.1, 0.15) is 36.7 Å². The average Bonchev–Trinajstić information content (AvgIpc) is 2.98. The first-order valence-electron chi connectivity index (χ1n) is 7.30. The molecule has 2 amide bonds. The summed E-state index contributed by atoms with van der Waals surface area (Å²) in [5.41, 5.74) is 2.08. The fourth-order valence-electron chi connectivity index (χ4n) is 2.25. The summed E-state index contributed by atoms with van der Waals surface area (Å²) >= 11 is 0. The van der Waals surface area contributed by atoms with Crippen molar-refractivity contribution in [1.29, 1.82) is 0 Å². The molecule has 1 aliphatic rings. The lowest BCUT2D eigenvalue weighted by Gasteiger charge is -2.30. The monoisotopic (exact) mass is 298 g/mol. The summed E-state index contributed by atoms with van der Waals surface area (Å²) in [5.74, 6) is -0.0578. The van der Waals surface area contributed by atoms with E-state index < -0.39 is 0 Å². The standard InChI is InChI=1S/C16H18N4O2/c1-11(2)20-10-12(9-17-20)16(22)18-13-3-5-14(6-4-13)19-8-7-15(19)21/h3-6,9-11H,7-8H2,1-2H3,(H,18,22). The molecule has 1 aliphatic heterocycles. The second-order valence-corrected chi connectivity index (χ2v) is 5.60. The molecule has 0 radical (unpaired) electrons. The van der Waals surface area contributed by atoms with Gasteiger partial charge in [0.15, 0.2) is 0 Å². The number of rotatable bonds is 4. The van der Waals surface area contributed by atoms with E-state index in [4.69, 9.17) is 0 Å². The molecule has 0 unspecified atom stereocenters. The summed E-state index contributed by atoms with van der Waals surface area (Å²) in [6.45, 7) is 4.77. The number of nitrogens with zero attached hydrogens (tertiary/aromatic N) is 3. The quantitative estimate of drug-likeness (QED) is 0.882. The third-order valence-corrected chi connectivity index (χ3v) is 3.68. The van der Waals surface area contributed by atoms with Crippen molar-refractivity contribution in [2.75, 3.05) is 16.8 Å². The van der Waals surface area contributed by atoms with Gasteiger partial charge in [-0.2, -0.15) is 5.10 Å². The third-order valence-electron chi connectivity index (χ3n) is 3.68. The highest BCUT2D eigenvalue weighted by Gasteiger charge is 2.24. The van der Waals surface area contributed by atoms with Gasteiger partial charge in [0.2, 0.25) is 5.91 Å². The molecule has 0 saturated carbocycles. The second-order valence-electron chi connectivity index (χ2n) is 5.60. The van der Waals surface area contributed by atoms with Gasteiger partial charge in [0, 0.05) is 36.6 Å². The van der Waals surface area contributed by atoms with Crippen LogP contribution in [0.25, 0.3) is 0 Å². The zero-order valence-electron chi connectivity index (χ0n) is 12.6. The van der Waals surface area contributed by atoms with Gasteiger partial charge in [0.1, 0.15) is 0 Å². The van der Waals surface area contributed by atoms with E-state index in [1.165, 1.54) is 0 Å². The van der Waals surface area contributed by atoms with Crippen molar-refractivity contribution in [3.05, 3.63) is 42.2 Å². The van der Waals surface area contributed by atoms with Crippen LogP contribution in [0.4, 0.5) is 11.4 Å². The zero-order chi connectivity index (χ0) is 15.7. The summed E-state index contributed by atoms with van der Waals surface area (Å²) in [7, 11) is 0. The second kappa shape index (κ2) is 5.63. The SMILES string of the molecule is CC(C)n1cc(C(=O)Nc2ccc(N3CCC3=O)cc2)cn1. The highest BCUT2D eigenvalue weighted by molar-refractivity contribution is 6.04. The molecule has 2 heterocycles. The zero-order valence-corrected chi connectivity index (χ0v) is 12.6. The van der Waals surface area contributed by atoms with Crippen LogP contribution in [-0.2, 0) is 4.79 Å². The Bertz CT molecular complexity index is 703. The summed E-state index contributed by atoms with van der Waals surface area (Å²) in [6.07, 6.45) is 3.90. The molecule has 1 aromatic heterocycles. The predicted octanol–water partition coefficient (Wildman–Crippen LogP) is 2.45. The molecule has 2 aromatic rings. The molecule has 3 rings (SSSR count). The van der Waals surface area contributed by atoms with Crippen molar-refractivity contribution < 1.29 is 9.59 Å². The van der Waals surface area contributed by atoms with Crippen LogP contribution in [0.2, 0.25) is 0 Å². The Labute approximate surface area is 128 Å². The number of benzene rings is 1. The van der Waals surface area contributed by atoms with Gasteiger partial charge in [0.25, 0.3) is 5.91 Å². The van der Waals surface area contributed by atoms with Crippen molar-refractivity contribution in [2.24, 2.45) is 0 Å². The molecule has 0 bridgehead atoms. The number of hydrogen-bond donors (Lipinski definition) is 1. The minimum absolute atomic E-state index is 0.137. The number of nitrogens with one attached hydrogen (secondary N) is 1. The minimum atomic E-state index is -0.195. The Balaban J connectivity index is 1.67. The van der Waals surface area contributed by atoms with Gasteiger partial charge in [-0.25, -0.2) is 0 Å². The van der Waals surface area contributed by atoms with Gasteiger partial charge in [0.05, 0.1) is 11.8 Å². The van der Waals surface area contributed by atoms with Crippen LogP contribution in [0.3, 0.4) is 0 Å². The average molecular weight is 298 g/mol. The molecule has 6 heteroatoms. The van der Waals surface area contributed by atoms with Crippen molar-refractivity contribution in [3.8, 4) is 0 Å². The Morgan fingerprint density at radius 3 is 2.50 bits per heavy atom. The predicted molar refractivity (Wildman–Crippen MR) is 84.0 cm³/mol. The Morgan fingerprint density at radius 2 is 2.00 bits per heavy atom. The molecule has 22 heavy (non-hydrogen) atoms. The van der Waals surface area contributed by atoms with Crippen molar-refractivity contribution in [3.63, 3.8) is 0 Å². The maximum Gasteiger partial charge on any atom is 0.258 e. The van der Waals surface area contributed by atoms with Gasteiger partial charge in [-0.15, -0.1) is 0 Å². The first-order valence-corrected chi connectivity index (χ1v) is 7.30. The van der Waals surface area contributed by atoms with Crippen LogP contribution >= 0.6 is 0 Å². The van der Waals surface area contributed by atoms with Crippen LogP contribution < -0.4 is 10.2 Å². The Morgan fingerprint density at radius 1 is 1.27 bits per heavy atom. The van der Waals surface area contributed by atoms with E-state index >= 15 is 0 Å². The number of aromatic nitrogens is 2. The van der Waals surface area contributed by atoms with Gasteiger partial charge >= 0.3 is 0 Å². The van der Waals surface area contributed by atoms with Gasteiger partial charge < -0.3 is 10.2 Å². The van der Waals surface area contributed by atoms with Crippen molar-refractivity contribution in [1.82, 2.24) is 9.78 Å². The number of carbonyl (C=O) groups excluding carboxylic acids is 2. The number of amides is 2. The normalized spacial score (nSPS) is 14.1. The molecule has 0 atom stereocenters. The smallest absolute Gasteiger partial charge is 0.258 e. The summed E-state index contributed by atoms with van der Waals surface area (Å²) in [4.78, 5) is 25.3.